The molecule has 1 N–H and O–H groups in total. The van der Waals surface area contributed by atoms with Gasteiger partial charge in [0.1, 0.15) is 0 Å². The molecule has 0 aromatic heterocycles. The van der Waals surface area contributed by atoms with Gasteiger partial charge in [-0.1, -0.05) is 31.9 Å². The summed E-state index contributed by atoms with van der Waals surface area (Å²) in [7, 11) is -3.64. The molecule has 1 saturated heterocycles. The Morgan fingerprint density at radius 2 is 1.74 bits per heavy atom. The van der Waals surface area contributed by atoms with Crippen molar-refractivity contribution in [2.24, 2.45) is 11.8 Å². The third-order valence-electron chi connectivity index (χ3n) is 5.78. The van der Waals surface area contributed by atoms with Crippen LogP contribution in [0.1, 0.15) is 57.1 Å². The van der Waals surface area contributed by atoms with E-state index < -0.39 is 10.0 Å². The van der Waals surface area contributed by atoms with E-state index in [1.165, 1.54) is 4.90 Å². The average Bonchev–Trinajstić information content (AvgIpc) is 2.88. The van der Waals surface area contributed by atoms with E-state index in [-0.39, 0.29) is 41.1 Å². The van der Waals surface area contributed by atoms with E-state index in [1.54, 1.807) is 25.1 Å². The largest absolute Gasteiger partial charge is 0.278 e. The molecule has 2 aliphatic rings. The number of nitrogens with zero attached hydrogens (tertiary/aromatic N) is 1. The van der Waals surface area contributed by atoms with Crippen LogP contribution in [-0.2, 0) is 26.2 Å². The average molecular weight is 393 g/mol. The predicted octanol–water partition coefficient (Wildman–Crippen LogP) is 2.75. The lowest BCUT2D eigenvalue weighted by Crippen LogP contribution is -2.33. The Kier molecular flexibility index (Phi) is 5.72. The molecule has 2 amide bonds. The van der Waals surface area contributed by atoms with Gasteiger partial charge in [-0.3, -0.25) is 14.5 Å². The highest BCUT2D eigenvalue weighted by atomic mass is 32.2. The molecular weight excluding hydrogens is 364 g/mol. The van der Waals surface area contributed by atoms with Gasteiger partial charge < -0.3 is 0 Å². The molecule has 0 unspecified atom stereocenters. The van der Waals surface area contributed by atoms with Gasteiger partial charge >= 0.3 is 0 Å². The van der Waals surface area contributed by atoms with E-state index in [0.29, 0.717) is 17.5 Å². The Labute approximate surface area is 161 Å². The number of amides is 2. The zero-order valence-electron chi connectivity index (χ0n) is 16.2. The summed E-state index contributed by atoms with van der Waals surface area (Å²) in [5.74, 6) is -0.584. The fraction of sp³-hybridized carbons (Fsp3) is 0.600. The number of carbonyl (C=O) groups is 2. The number of imide groups is 1. The molecule has 7 heteroatoms. The number of aryl methyl sites for hydroxylation is 1. The molecule has 0 spiro atoms. The lowest BCUT2D eigenvalue weighted by molar-refractivity contribution is -0.140. The molecule has 1 aliphatic carbocycles. The summed E-state index contributed by atoms with van der Waals surface area (Å²) < 4.78 is 28.0. The molecular formula is C20H28N2O4S. The molecule has 1 aromatic carbocycles. The van der Waals surface area contributed by atoms with E-state index >= 15 is 0 Å². The van der Waals surface area contributed by atoms with Crippen LogP contribution in [0, 0.1) is 18.8 Å². The predicted molar refractivity (Wildman–Crippen MR) is 102 cm³/mol. The van der Waals surface area contributed by atoms with E-state index in [4.69, 9.17) is 0 Å². The van der Waals surface area contributed by atoms with Crippen LogP contribution in [0.25, 0.3) is 0 Å². The first-order chi connectivity index (χ1) is 12.7. The van der Waals surface area contributed by atoms with Crippen LogP contribution in [0.5, 0.6) is 0 Å². The van der Waals surface area contributed by atoms with Gasteiger partial charge in [-0.05, 0) is 50.3 Å². The molecule has 6 nitrogen and oxygen atoms in total. The zero-order valence-corrected chi connectivity index (χ0v) is 17.0. The first-order valence-corrected chi connectivity index (χ1v) is 11.2. The lowest BCUT2D eigenvalue weighted by Gasteiger charge is -2.19. The fourth-order valence-corrected chi connectivity index (χ4v) is 5.64. The quantitative estimate of drug-likeness (QED) is 0.755. The fourth-order valence-electron chi connectivity index (χ4n) is 4.01. The Balaban J connectivity index is 1.84. The maximum Gasteiger partial charge on any atom is 0.241 e. The van der Waals surface area contributed by atoms with Gasteiger partial charge in [0.15, 0.2) is 0 Å². The summed E-state index contributed by atoms with van der Waals surface area (Å²) in [6.45, 7) is 5.62. The summed E-state index contributed by atoms with van der Waals surface area (Å²) in [5.41, 5.74) is 1.30. The zero-order chi connectivity index (χ0) is 19.8. The number of hydrogen-bond acceptors (Lipinski definition) is 4. The summed E-state index contributed by atoms with van der Waals surface area (Å²) in [5, 5.41) is 0. The third kappa shape index (κ3) is 3.94. The van der Waals surface area contributed by atoms with E-state index in [1.807, 2.05) is 13.8 Å². The third-order valence-corrected chi connectivity index (χ3v) is 7.52. The molecule has 3 rings (SSSR count). The number of sulfonamides is 1. The van der Waals surface area contributed by atoms with Gasteiger partial charge in [0, 0.05) is 6.04 Å². The standard InChI is InChI=1S/C20H28N2O4S/c1-4-14(3)21-27(25,26)18-11-15(10-9-13(18)2)12-22-19(23)16-7-5-6-8-17(16)20(22)24/h9-11,14,16-17,21H,4-8,12H2,1-3H3/t14-,16-,17+/m1/s1. The van der Waals surface area contributed by atoms with Gasteiger partial charge in [-0.25, -0.2) is 13.1 Å². The molecule has 27 heavy (non-hydrogen) atoms. The second-order valence-corrected chi connectivity index (χ2v) is 9.47. The highest BCUT2D eigenvalue weighted by molar-refractivity contribution is 7.89. The number of fused-ring (bicyclic) bond motifs is 1. The number of hydrogen-bond donors (Lipinski definition) is 1. The Morgan fingerprint density at radius 1 is 1.15 bits per heavy atom. The normalized spacial score (nSPS) is 24.2. The second kappa shape index (κ2) is 7.72. The number of benzene rings is 1. The lowest BCUT2D eigenvalue weighted by atomic mass is 9.81. The molecule has 1 saturated carbocycles. The van der Waals surface area contributed by atoms with Gasteiger partial charge in [0.2, 0.25) is 21.8 Å². The molecule has 1 heterocycles. The van der Waals surface area contributed by atoms with Crippen molar-refractivity contribution in [2.45, 2.75) is 70.4 Å². The summed E-state index contributed by atoms with van der Waals surface area (Å²) >= 11 is 0. The number of nitrogens with one attached hydrogen (secondary N) is 1. The van der Waals surface area contributed by atoms with E-state index in [0.717, 1.165) is 25.7 Å². The van der Waals surface area contributed by atoms with Crippen molar-refractivity contribution < 1.29 is 18.0 Å². The monoisotopic (exact) mass is 392 g/mol. The number of likely N-dealkylation sites (tertiary alicyclic amines) is 1. The minimum Gasteiger partial charge on any atom is -0.278 e. The van der Waals surface area contributed by atoms with Crippen LogP contribution in [0.4, 0.5) is 0 Å². The van der Waals surface area contributed by atoms with Crippen LogP contribution >= 0.6 is 0 Å². The van der Waals surface area contributed by atoms with Gasteiger partial charge in [-0.2, -0.15) is 0 Å². The highest BCUT2D eigenvalue weighted by Gasteiger charge is 2.47. The molecule has 3 atom stereocenters. The Hall–Kier alpha value is -1.73. The first-order valence-electron chi connectivity index (χ1n) is 9.71. The minimum atomic E-state index is -3.64. The molecule has 1 aliphatic heterocycles. The van der Waals surface area contributed by atoms with Crippen molar-refractivity contribution in [2.75, 3.05) is 0 Å². The van der Waals surface area contributed by atoms with Crippen LogP contribution < -0.4 is 4.72 Å². The van der Waals surface area contributed by atoms with Gasteiger partial charge in [0.05, 0.1) is 23.3 Å². The topological polar surface area (TPSA) is 83.6 Å². The van der Waals surface area contributed by atoms with Crippen molar-refractivity contribution in [3.05, 3.63) is 29.3 Å². The molecule has 0 radical (unpaired) electrons. The van der Waals surface area contributed by atoms with Gasteiger partial charge in [-0.15, -0.1) is 0 Å². The molecule has 1 aromatic rings. The molecule has 0 bridgehead atoms. The maximum atomic E-state index is 12.7. The van der Waals surface area contributed by atoms with Crippen LogP contribution in [0.15, 0.2) is 23.1 Å². The minimum absolute atomic E-state index is 0.104. The smallest absolute Gasteiger partial charge is 0.241 e. The van der Waals surface area contributed by atoms with Crippen LogP contribution in [0.2, 0.25) is 0 Å². The van der Waals surface area contributed by atoms with Crippen LogP contribution in [-0.4, -0.2) is 31.2 Å². The van der Waals surface area contributed by atoms with E-state index in [9.17, 15) is 18.0 Å². The highest BCUT2D eigenvalue weighted by Crippen LogP contribution is 2.38. The van der Waals surface area contributed by atoms with Gasteiger partial charge in [0.25, 0.3) is 0 Å². The maximum absolute atomic E-state index is 12.7. The van der Waals surface area contributed by atoms with Crippen molar-refractivity contribution in [3.8, 4) is 0 Å². The Morgan fingerprint density at radius 3 is 2.30 bits per heavy atom. The number of rotatable bonds is 6. The van der Waals surface area contributed by atoms with Crippen molar-refractivity contribution in [1.82, 2.24) is 9.62 Å². The Bertz CT molecular complexity index is 826. The van der Waals surface area contributed by atoms with Crippen LogP contribution in [0.3, 0.4) is 0 Å². The van der Waals surface area contributed by atoms with Crippen molar-refractivity contribution in [1.29, 1.82) is 0 Å². The molecule has 148 valence electrons. The summed E-state index contributed by atoms with van der Waals surface area (Å²) in [4.78, 5) is 26.9. The number of carbonyl (C=O) groups excluding carboxylic acids is 2. The van der Waals surface area contributed by atoms with E-state index in [2.05, 4.69) is 4.72 Å². The molecule has 2 fully saturated rings. The SMILES string of the molecule is CC[C@@H](C)NS(=O)(=O)c1cc(CN2C(=O)[C@H]3CCCC[C@H]3C2=O)ccc1C. The summed E-state index contributed by atoms with van der Waals surface area (Å²) in [6.07, 6.45) is 4.22. The first kappa shape index (κ1) is 20.0. The van der Waals surface area contributed by atoms with Crippen molar-refractivity contribution in [3.63, 3.8) is 0 Å². The second-order valence-electron chi connectivity index (χ2n) is 7.79. The van der Waals surface area contributed by atoms with Crippen molar-refractivity contribution >= 4 is 21.8 Å². The summed E-state index contributed by atoms with van der Waals surface area (Å²) in [6, 6.07) is 4.95.